The van der Waals surface area contributed by atoms with Crippen molar-refractivity contribution in [2.75, 3.05) is 26.8 Å². The zero-order chi connectivity index (χ0) is 15.8. The predicted molar refractivity (Wildman–Crippen MR) is 85.3 cm³/mol. The Morgan fingerprint density at radius 2 is 2.23 bits per heavy atom. The Balaban J connectivity index is 1.88. The third-order valence-corrected chi connectivity index (χ3v) is 4.14. The Morgan fingerprint density at radius 1 is 1.45 bits per heavy atom. The average Bonchev–Trinajstić information content (AvgIpc) is 2.59. The number of methoxy groups -OCH3 is 1. The molecule has 0 saturated carbocycles. The summed E-state index contributed by atoms with van der Waals surface area (Å²) in [5.74, 6) is 0.286. The second-order valence-electron chi connectivity index (χ2n) is 5.71. The van der Waals surface area contributed by atoms with Crippen LogP contribution in [0.3, 0.4) is 0 Å². The van der Waals surface area contributed by atoms with Gasteiger partial charge in [-0.25, -0.2) is 0 Å². The van der Waals surface area contributed by atoms with E-state index in [4.69, 9.17) is 15.2 Å². The summed E-state index contributed by atoms with van der Waals surface area (Å²) in [6, 6.07) is 10.2. The van der Waals surface area contributed by atoms with E-state index in [0.29, 0.717) is 25.4 Å². The zero-order valence-electron chi connectivity index (χ0n) is 13.2. The molecular weight excluding hydrogens is 280 g/mol. The molecule has 3 atom stereocenters. The standard InChI is InChI=1S/C17H26N2O3/c1-21-15(11-18)10-16(20)19-12-14-8-5-9-22-17(14)13-6-3-2-4-7-13/h2-4,6-7,14-15,17H,5,8-12,18H2,1H3,(H,19,20). The van der Waals surface area contributed by atoms with Crippen LogP contribution in [0.15, 0.2) is 30.3 Å². The molecule has 3 N–H and O–H groups in total. The molecule has 22 heavy (non-hydrogen) atoms. The minimum Gasteiger partial charge on any atom is -0.380 e. The van der Waals surface area contributed by atoms with Crippen LogP contribution in [0, 0.1) is 5.92 Å². The van der Waals surface area contributed by atoms with Gasteiger partial charge in [0.1, 0.15) is 0 Å². The van der Waals surface area contributed by atoms with E-state index in [1.54, 1.807) is 7.11 Å². The Morgan fingerprint density at radius 3 is 2.91 bits per heavy atom. The van der Waals surface area contributed by atoms with E-state index < -0.39 is 0 Å². The van der Waals surface area contributed by atoms with Gasteiger partial charge in [0.25, 0.3) is 0 Å². The first-order chi connectivity index (χ1) is 10.7. The first kappa shape index (κ1) is 16.9. The van der Waals surface area contributed by atoms with Crippen LogP contribution in [0.25, 0.3) is 0 Å². The fourth-order valence-corrected chi connectivity index (χ4v) is 2.85. The molecule has 1 aromatic rings. The summed E-state index contributed by atoms with van der Waals surface area (Å²) >= 11 is 0. The number of nitrogens with two attached hydrogens (primary N) is 1. The highest BCUT2D eigenvalue weighted by Crippen LogP contribution is 2.33. The van der Waals surface area contributed by atoms with Crippen molar-refractivity contribution in [3.63, 3.8) is 0 Å². The fraction of sp³-hybridized carbons (Fsp3) is 0.588. The SMILES string of the molecule is COC(CN)CC(=O)NCC1CCCOC1c1ccccc1. The van der Waals surface area contributed by atoms with Crippen LogP contribution in [0.4, 0.5) is 0 Å². The number of ether oxygens (including phenoxy) is 2. The Kier molecular flexibility index (Phi) is 6.83. The molecule has 3 unspecified atom stereocenters. The molecule has 1 saturated heterocycles. The van der Waals surface area contributed by atoms with E-state index in [1.807, 2.05) is 18.2 Å². The molecule has 0 spiro atoms. The quantitative estimate of drug-likeness (QED) is 0.803. The van der Waals surface area contributed by atoms with Gasteiger partial charge in [-0.15, -0.1) is 0 Å². The molecule has 1 heterocycles. The number of amides is 1. The zero-order valence-corrected chi connectivity index (χ0v) is 13.2. The van der Waals surface area contributed by atoms with Crippen LogP contribution < -0.4 is 11.1 Å². The van der Waals surface area contributed by atoms with E-state index in [2.05, 4.69) is 17.4 Å². The Labute approximate surface area is 132 Å². The van der Waals surface area contributed by atoms with Gasteiger partial charge in [-0.3, -0.25) is 4.79 Å². The van der Waals surface area contributed by atoms with E-state index >= 15 is 0 Å². The molecular formula is C17H26N2O3. The van der Waals surface area contributed by atoms with Crippen molar-refractivity contribution >= 4 is 5.91 Å². The van der Waals surface area contributed by atoms with Gasteiger partial charge in [-0.05, 0) is 18.4 Å². The van der Waals surface area contributed by atoms with Crippen molar-refractivity contribution in [3.8, 4) is 0 Å². The lowest BCUT2D eigenvalue weighted by atomic mass is 9.89. The molecule has 1 aromatic carbocycles. The van der Waals surface area contributed by atoms with E-state index in [1.165, 1.54) is 5.56 Å². The Hall–Kier alpha value is -1.43. The first-order valence-electron chi connectivity index (χ1n) is 7.90. The van der Waals surface area contributed by atoms with Gasteiger partial charge in [0.2, 0.25) is 5.91 Å². The van der Waals surface area contributed by atoms with Gasteiger partial charge >= 0.3 is 0 Å². The number of carbonyl (C=O) groups excluding carboxylic acids is 1. The summed E-state index contributed by atoms with van der Waals surface area (Å²) < 4.78 is 11.1. The van der Waals surface area contributed by atoms with Crippen molar-refractivity contribution in [1.29, 1.82) is 0 Å². The third-order valence-electron chi connectivity index (χ3n) is 4.14. The van der Waals surface area contributed by atoms with Crippen molar-refractivity contribution < 1.29 is 14.3 Å². The minimum absolute atomic E-state index is 0.0188. The molecule has 1 aliphatic heterocycles. The van der Waals surface area contributed by atoms with Crippen LogP contribution >= 0.6 is 0 Å². The largest absolute Gasteiger partial charge is 0.380 e. The minimum atomic E-state index is -0.215. The van der Waals surface area contributed by atoms with Gasteiger partial charge < -0.3 is 20.5 Å². The molecule has 1 fully saturated rings. The lowest BCUT2D eigenvalue weighted by Gasteiger charge is -2.32. The smallest absolute Gasteiger partial charge is 0.222 e. The number of nitrogens with one attached hydrogen (secondary N) is 1. The molecule has 1 amide bonds. The van der Waals surface area contributed by atoms with Crippen molar-refractivity contribution in [3.05, 3.63) is 35.9 Å². The van der Waals surface area contributed by atoms with Gasteiger partial charge in [0.15, 0.2) is 0 Å². The van der Waals surface area contributed by atoms with Gasteiger partial charge in [0, 0.05) is 32.7 Å². The second-order valence-corrected chi connectivity index (χ2v) is 5.71. The van der Waals surface area contributed by atoms with Crippen LogP contribution in [-0.2, 0) is 14.3 Å². The average molecular weight is 306 g/mol. The number of hydrogen-bond donors (Lipinski definition) is 2. The lowest BCUT2D eigenvalue weighted by Crippen LogP contribution is -2.37. The molecule has 0 radical (unpaired) electrons. The number of rotatable bonds is 7. The van der Waals surface area contributed by atoms with Crippen LogP contribution in [0.1, 0.15) is 30.9 Å². The highest BCUT2D eigenvalue weighted by Gasteiger charge is 2.27. The van der Waals surface area contributed by atoms with E-state index in [-0.39, 0.29) is 18.1 Å². The maximum atomic E-state index is 12.0. The van der Waals surface area contributed by atoms with Crippen LogP contribution in [0.2, 0.25) is 0 Å². The topological polar surface area (TPSA) is 73.6 Å². The number of carbonyl (C=O) groups is 1. The maximum absolute atomic E-state index is 12.0. The Bertz CT molecular complexity index is 448. The number of hydrogen-bond acceptors (Lipinski definition) is 4. The van der Waals surface area contributed by atoms with E-state index in [9.17, 15) is 4.79 Å². The van der Waals surface area contributed by atoms with Crippen molar-refractivity contribution in [1.82, 2.24) is 5.32 Å². The van der Waals surface area contributed by atoms with Crippen molar-refractivity contribution in [2.45, 2.75) is 31.5 Å². The summed E-state index contributed by atoms with van der Waals surface area (Å²) in [6.07, 6.45) is 2.24. The fourth-order valence-electron chi connectivity index (χ4n) is 2.85. The van der Waals surface area contributed by atoms with Crippen LogP contribution in [-0.4, -0.2) is 38.8 Å². The molecule has 2 rings (SSSR count). The summed E-state index contributed by atoms with van der Waals surface area (Å²) in [7, 11) is 1.57. The van der Waals surface area contributed by atoms with Gasteiger partial charge in [-0.1, -0.05) is 30.3 Å². The molecule has 0 bridgehead atoms. The normalized spacial score (nSPS) is 23.0. The molecule has 5 heteroatoms. The summed E-state index contributed by atoms with van der Waals surface area (Å²) in [6.45, 7) is 1.76. The lowest BCUT2D eigenvalue weighted by molar-refractivity contribution is -0.124. The number of benzene rings is 1. The third kappa shape index (κ3) is 4.80. The van der Waals surface area contributed by atoms with Gasteiger partial charge in [0.05, 0.1) is 18.6 Å². The molecule has 1 aliphatic rings. The summed E-state index contributed by atoms with van der Waals surface area (Å²) in [5, 5.41) is 3.00. The maximum Gasteiger partial charge on any atom is 0.222 e. The monoisotopic (exact) mass is 306 g/mol. The van der Waals surface area contributed by atoms with Crippen LogP contribution in [0.5, 0.6) is 0 Å². The molecule has 0 aromatic heterocycles. The van der Waals surface area contributed by atoms with Crippen molar-refractivity contribution in [2.24, 2.45) is 11.7 Å². The highest BCUT2D eigenvalue weighted by molar-refractivity contribution is 5.76. The molecule has 0 aliphatic carbocycles. The van der Waals surface area contributed by atoms with E-state index in [0.717, 1.165) is 19.4 Å². The summed E-state index contributed by atoms with van der Waals surface area (Å²) in [4.78, 5) is 12.0. The molecule has 122 valence electrons. The summed E-state index contributed by atoms with van der Waals surface area (Å²) in [5.41, 5.74) is 6.72. The predicted octanol–water partition coefficient (Wildman–Crippen LogP) is 1.63. The molecule has 5 nitrogen and oxygen atoms in total. The second kappa shape index (κ2) is 8.88. The van der Waals surface area contributed by atoms with Gasteiger partial charge in [-0.2, -0.15) is 0 Å². The highest BCUT2D eigenvalue weighted by atomic mass is 16.5. The first-order valence-corrected chi connectivity index (χ1v) is 7.90.